The topological polar surface area (TPSA) is 88.2 Å². The van der Waals surface area contributed by atoms with Crippen molar-refractivity contribution in [2.75, 3.05) is 26.8 Å². The van der Waals surface area contributed by atoms with E-state index in [1.807, 2.05) is 60.7 Å². The summed E-state index contributed by atoms with van der Waals surface area (Å²) in [5.74, 6) is 1.23. The van der Waals surface area contributed by atoms with E-state index in [2.05, 4.69) is 15.2 Å². The average molecular weight is 413 g/mol. The van der Waals surface area contributed by atoms with Crippen molar-refractivity contribution in [3.8, 4) is 11.4 Å². The zero-order valence-electron chi connectivity index (χ0n) is 16.2. The molecule has 4 rings (SSSR count). The van der Waals surface area contributed by atoms with Crippen molar-refractivity contribution in [1.82, 2.24) is 19.5 Å². The van der Waals surface area contributed by atoms with Gasteiger partial charge < -0.3 is 4.74 Å². The number of hydrogen-bond acceptors (Lipinski definition) is 5. The number of methoxy groups -OCH3 is 1. The van der Waals surface area contributed by atoms with Crippen molar-refractivity contribution in [3.05, 3.63) is 72.1 Å². The number of rotatable bonds is 7. The molecular weight excluding hydrogens is 388 g/mol. The molecule has 1 saturated heterocycles. The van der Waals surface area contributed by atoms with Gasteiger partial charge in [0.05, 0.1) is 12.4 Å². The molecule has 0 saturated carbocycles. The predicted molar refractivity (Wildman–Crippen MR) is 111 cm³/mol. The van der Waals surface area contributed by atoms with E-state index in [0.717, 1.165) is 11.1 Å². The van der Waals surface area contributed by atoms with E-state index in [1.54, 1.807) is 11.4 Å². The molecule has 8 heteroatoms. The Morgan fingerprint density at radius 2 is 1.76 bits per heavy atom. The molecule has 1 N–H and O–H groups in total. The zero-order valence-corrected chi connectivity index (χ0v) is 17.0. The van der Waals surface area contributed by atoms with Crippen molar-refractivity contribution in [1.29, 1.82) is 0 Å². The third kappa shape index (κ3) is 4.39. The Morgan fingerprint density at radius 1 is 1.07 bits per heavy atom. The van der Waals surface area contributed by atoms with Gasteiger partial charge in [-0.05, 0) is 5.56 Å². The molecule has 0 unspecified atom stereocenters. The molecule has 7 nitrogen and oxygen atoms in total. The van der Waals surface area contributed by atoms with Crippen LogP contribution < -0.4 is 0 Å². The Kier molecular flexibility index (Phi) is 5.75. The fraction of sp³-hybridized carbons (Fsp3) is 0.333. The van der Waals surface area contributed by atoms with Gasteiger partial charge in [-0.1, -0.05) is 60.7 Å². The van der Waals surface area contributed by atoms with Gasteiger partial charge in [-0.3, -0.25) is 5.10 Å². The number of ether oxygens (including phenoxy) is 1. The number of hydrogen-bond donors (Lipinski definition) is 1. The standard InChI is InChI=1S/C21H24N4O3S/c1-28-14-18-12-25(29(26,27)15-16-8-4-2-5-9-16)13-19(18)21-22-20(23-24-21)17-10-6-3-7-11-17/h2-11,18-19H,12-15H2,1H3,(H,22,23,24)/t18-,19+/m0/s1. The lowest BCUT2D eigenvalue weighted by atomic mass is 9.96. The smallest absolute Gasteiger partial charge is 0.218 e. The Balaban J connectivity index is 1.55. The molecule has 0 aliphatic carbocycles. The SMILES string of the molecule is COC[C@@H]1CN(S(=O)(=O)Cc2ccccc2)C[C@H]1c1nc(-c2ccccc2)n[nH]1. The second kappa shape index (κ2) is 8.44. The molecule has 0 bridgehead atoms. The van der Waals surface area contributed by atoms with Gasteiger partial charge in [-0.15, -0.1) is 0 Å². The molecule has 2 aromatic carbocycles. The number of sulfonamides is 1. The summed E-state index contributed by atoms with van der Waals surface area (Å²) in [4.78, 5) is 4.65. The monoisotopic (exact) mass is 412 g/mol. The Morgan fingerprint density at radius 3 is 2.45 bits per heavy atom. The molecule has 29 heavy (non-hydrogen) atoms. The van der Waals surface area contributed by atoms with Crippen LogP contribution in [0.4, 0.5) is 0 Å². The summed E-state index contributed by atoms with van der Waals surface area (Å²) in [5.41, 5.74) is 1.70. The lowest BCUT2D eigenvalue weighted by Gasteiger charge is -2.16. The van der Waals surface area contributed by atoms with Crippen LogP contribution in [-0.2, 0) is 20.5 Å². The molecule has 1 aliphatic rings. The van der Waals surface area contributed by atoms with E-state index < -0.39 is 10.0 Å². The van der Waals surface area contributed by atoms with Crippen LogP contribution >= 0.6 is 0 Å². The fourth-order valence-electron chi connectivity index (χ4n) is 3.78. The highest BCUT2D eigenvalue weighted by Crippen LogP contribution is 2.34. The first-order valence-electron chi connectivity index (χ1n) is 9.55. The number of benzene rings is 2. The van der Waals surface area contributed by atoms with Crippen molar-refractivity contribution in [3.63, 3.8) is 0 Å². The zero-order chi connectivity index (χ0) is 20.3. The van der Waals surface area contributed by atoms with Crippen LogP contribution in [-0.4, -0.2) is 54.7 Å². The molecule has 3 aromatic rings. The number of nitrogens with one attached hydrogen (secondary N) is 1. The summed E-state index contributed by atoms with van der Waals surface area (Å²) in [6.07, 6.45) is 0. The first-order chi connectivity index (χ1) is 14.1. The van der Waals surface area contributed by atoms with Crippen LogP contribution in [0, 0.1) is 5.92 Å². The molecule has 0 spiro atoms. The molecule has 1 aliphatic heterocycles. The summed E-state index contributed by atoms with van der Waals surface area (Å²) >= 11 is 0. The second-order valence-corrected chi connectivity index (χ2v) is 9.26. The summed E-state index contributed by atoms with van der Waals surface area (Å²) in [7, 11) is -1.80. The van der Waals surface area contributed by atoms with Gasteiger partial charge in [-0.2, -0.15) is 5.10 Å². The highest BCUT2D eigenvalue weighted by atomic mass is 32.2. The van der Waals surface area contributed by atoms with Gasteiger partial charge in [0.2, 0.25) is 10.0 Å². The Bertz CT molecular complexity index is 1040. The van der Waals surface area contributed by atoms with Crippen molar-refractivity contribution in [2.24, 2.45) is 5.92 Å². The van der Waals surface area contributed by atoms with Crippen LogP contribution in [0.1, 0.15) is 17.3 Å². The predicted octanol–water partition coefficient (Wildman–Crippen LogP) is 2.66. The van der Waals surface area contributed by atoms with Crippen molar-refractivity contribution >= 4 is 10.0 Å². The first kappa shape index (κ1) is 19.8. The number of aromatic nitrogens is 3. The van der Waals surface area contributed by atoms with E-state index in [9.17, 15) is 8.42 Å². The number of H-pyrrole nitrogens is 1. The summed E-state index contributed by atoms with van der Waals surface area (Å²) in [5, 5.41) is 7.35. The summed E-state index contributed by atoms with van der Waals surface area (Å²) in [6.45, 7) is 1.24. The molecule has 152 valence electrons. The number of nitrogens with zero attached hydrogens (tertiary/aromatic N) is 3. The van der Waals surface area contributed by atoms with Crippen LogP contribution in [0.3, 0.4) is 0 Å². The minimum absolute atomic E-state index is 0.00800. The van der Waals surface area contributed by atoms with E-state index >= 15 is 0 Å². The quantitative estimate of drug-likeness (QED) is 0.645. The largest absolute Gasteiger partial charge is 0.384 e. The minimum atomic E-state index is -3.43. The molecule has 2 atom stereocenters. The lowest BCUT2D eigenvalue weighted by Crippen LogP contribution is -2.30. The van der Waals surface area contributed by atoms with Gasteiger partial charge in [0.15, 0.2) is 5.82 Å². The summed E-state index contributed by atoms with van der Waals surface area (Å²) in [6, 6.07) is 19.0. The van der Waals surface area contributed by atoms with Crippen LogP contribution in [0.25, 0.3) is 11.4 Å². The highest BCUT2D eigenvalue weighted by molar-refractivity contribution is 7.88. The molecule has 0 amide bonds. The first-order valence-corrected chi connectivity index (χ1v) is 11.2. The maximum absolute atomic E-state index is 13.0. The van der Waals surface area contributed by atoms with E-state index in [0.29, 0.717) is 31.3 Å². The lowest BCUT2D eigenvalue weighted by molar-refractivity contribution is 0.150. The molecule has 0 radical (unpaired) electrons. The van der Waals surface area contributed by atoms with Gasteiger partial charge >= 0.3 is 0 Å². The minimum Gasteiger partial charge on any atom is -0.384 e. The maximum atomic E-state index is 13.0. The third-order valence-corrected chi connectivity index (χ3v) is 7.04. The maximum Gasteiger partial charge on any atom is 0.218 e. The molecule has 1 fully saturated rings. The fourth-order valence-corrected chi connectivity index (χ4v) is 5.39. The number of aromatic amines is 1. The van der Waals surface area contributed by atoms with Gasteiger partial charge in [0.25, 0.3) is 0 Å². The van der Waals surface area contributed by atoms with Crippen molar-refractivity contribution < 1.29 is 13.2 Å². The molecule has 2 heterocycles. The van der Waals surface area contributed by atoms with E-state index in [4.69, 9.17) is 4.74 Å². The highest BCUT2D eigenvalue weighted by Gasteiger charge is 2.41. The van der Waals surface area contributed by atoms with Crippen LogP contribution in [0.15, 0.2) is 60.7 Å². The normalized spacial score (nSPS) is 20.2. The van der Waals surface area contributed by atoms with Crippen molar-refractivity contribution in [2.45, 2.75) is 11.7 Å². The van der Waals surface area contributed by atoms with Gasteiger partial charge in [0, 0.05) is 37.6 Å². The average Bonchev–Trinajstić information content (AvgIpc) is 3.37. The third-order valence-electron chi connectivity index (χ3n) is 5.26. The van der Waals surface area contributed by atoms with Gasteiger partial charge in [-0.25, -0.2) is 17.7 Å². The molecule has 1 aromatic heterocycles. The Labute approximate surface area is 170 Å². The second-order valence-electron chi connectivity index (χ2n) is 7.29. The van der Waals surface area contributed by atoms with E-state index in [-0.39, 0.29) is 17.6 Å². The van der Waals surface area contributed by atoms with Gasteiger partial charge in [0.1, 0.15) is 5.82 Å². The summed E-state index contributed by atoms with van der Waals surface area (Å²) < 4.78 is 32.9. The van der Waals surface area contributed by atoms with E-state index in [1.165, 1.54) is 0 Å². The molecular formula is C21H24N4O3S. The Hall–Kier alpha value is -2.55. The van der Waals surface area contributed by atoms with Crippen LogP contribution in [0.5, 0.6) is 0 Å². The van der Waals surface area contributed by atoms with Crippen LogP contribution in [0.2, 0.25) is 0 Å².